The lowest BCUT2D eigenvalue weighted by molar-refractivity contribution is 0.300. The van der Waals surface area contributed by atoms with Gasteiger partial charge in [-0.3, -0.25) is 4.98 Å². The monoisotopic (exact) mass is 177 g/mol. The molecule has 1 fully saturated rings. The van der Waals surface area contributed by atoms with Crippen LogP contribution >= 0.6 is 0 Å². The minimum atomic E-state index is 0.478. The maximum absolute atomic E-state index is 5.76. The fourth-order valence-corrected chi connectivity index (χ4v) is 1.23. The average Bonchev–Trinajstić information content (AvgIpc) is 2.93. The van der Waals surface area contributed by atoms with Crippen LogP contribution in [0.2, 0.25) is 0 Å². The zero-order chi connectivity index (χ0) is 9.26. The second kappa shape index (κ2) is 3.36. The number of aryl methyl sites for hydroxylation is 2. The van der Waals surface area contributed by atoms with Crippen molar-refractivity contribution in [2.75, 3.05) is 0 Å². The molecular weight excluding hydrogens is 162 g/mol. The van der Waals surface area contributed by atoms with Crippen molar-refractivity contribution in [3.8, 4) is 5.75 Å². The van der Waals surface area contributed by atoms with E-state index in [9.17, 15) is 0 Å². The van der Waals surface area contributed by atoms with Crippen LogP contribution in [0.4, 0.5) is 0 Å². The first-order valence-electron chi connectivity index (χ1n) is 4.91. The maximum Gasteiger partial charge on any atom is 0.125 e. The molecule has 1 heterocycles. The van der Waals surface area contributed by atoms with Crippen LogP contribution in [0.3, 0.4) is 0 Å². The zero-order valence-electron chi connectivity index (χ0n) is 8.21. The smallest absolute Gasteiger partial charge is 0.125 e. The molecule has 0 aromatic carbocycles. The van der Waals surface area contributed by atoms with E-state index < -0.39 is 0 Å². The summed E-state index contributed by atoms with van der Waals surface area (Å²) in [6.45, 7) is 4.16. The number of pyridine rings is 1. The van der Waals surface area contributed by atoms with Crippen LogP contribution in [-0.2, 0) is 6.42 Å². The van der Waals surface area contributed by atoms with Crippen molar-refractivity contribution in [3.05, 3.63) is 23.5 Å². The van der Waals surface area contributed by atoms with Gasteiger partial charge in [-0.25, -0.2) is 0 Å². The van der Waals surface area contributed by atoms with Gasteiger partial charge in [0.05, 0.1) is 6.10 Å². The number of ether oxygens (including phenoxy) is 1. The maximum atomic E-state index is 5.76. The van der Waals surface area contributed by atoms with E-state index in [1.165, 1.54) is 12.8 Å². The molecule has 0 spiro atoms. The van der Waals surface area contributed by atoms with Gasteiger partial charge in [0.1, 0.15) is 5.75 Å². The van der Waals surface area contributed by atoms with Gasteiger partial charge >= 0.3 is 0 Å². The Kier molecular flexibility index (Phi) is 2.21. The molecule has 0 radical (unpaired) electrons. The van der Waals surface area contributed by atoms with E-state index >= 15 is 0 Å². The molecule has 1 aromatic rings. The SMILES string of the molecule is CCc1cc(OC2CC2)c(C)cn1. The number of hydrogen-bond acceptors (Lipinski definition) is 2. The van der Waals surface area contributed by atoms with E-state index in [4.69, 9.17) is 4.74 Å². The Morgan fingerprint density at radius 1 is 1.54 bits per heavy atom. The van der Waals surface area contributed by atoms with Gasteiger partial charge in [0.2, 0.25) is 0 Å². The molecule has 1 saturated carbocycles. The number of nitrogens with zero attached hydrogens (tertiary/aromatic N) is 1. The lowest BCUT2D eigenvalue weighted by Crippen LogP contribution is -1.99. The summed E-state index contributed by atoms with van der Waals surface area (Å²) in [6, 6.07) is 2.06. The van der Waals surface area contributed by atoms with Gasteiger partial charge in [0.15, 0.2) is 0 Å². The molecule has 2 heteroatoms. The number of aromatic nitrogens is 1. The molecule has 1 aromatic heterocycles. The largest absolute Gasteiger partial charge is 0.490 e. The van der Waals surface area contributed by atoms with E-state index in [0.717, 1.165) is 23.4 Å². The van der Waals surface area contributed by atoms with Crippen molar-refractivity contribution < 1.29 is 4.74 Å². The van der Waals surface area contributed by atoms with E-state index in [2.05, 4.69) is 18.0 Å². The summed E-state index contributed by atoms with van der Waals surface area (Å²) in [7, 11) is 0. The zero-order valence-corrected chi connectivity index (χ0v) is 8.21. The Bertz CT molecular complexity index is 305. The Morgan fingerprint density at radius 3 is 2.92 bits per heavy atom. The van der Waals surface area contributed by atoms with Gasteiger partial charge < -0.3 is 4.74 Å². The normalized spacial score (nSPS) is 15.8. The molecule has 0 bridgehead atoms. The van der Waals surface area contributed by atoms with Gasteiger partial charge in [-0.2, -0.15) is 0 Å². The Hall–Kier alpha value is -1.05. The van der Waals surface area contributed by atoms with Crippen molar-refractivity contribution in [2.24, 2.45) is 0 Å². The Labute approximate surface area is 78.9 Å². The number of hydrogen-bond donors (Lipinski definition) is 0. The van der Waals surface area contributed by atoms with Gasteiger partial charge in [-0.15, -0.1) is 0 Å². The molecule has 1 aliphatic carbocycles. The summed E-state index contributed by atoms with van der Waals surface area (Å²) in [5.41, 5.74) is 2.25. The highest BCUT2D eigenvalue weighted by atomic mass is 16.5. The fourth-order valence-electron chi connectivity index (χ4n) is 1.23. The molecule has 2 rings (SSSR count). The van der Waals surface area contributed by atoms with Gasteiger partial charge in [0.25, 0.3) is 0 Å². The first kappa shape index (κ1) is 8.54. The van der Waals surface area contributed by atoms with Gasteiger partial charge in [0, 0.05) is 23.5 Å². The minimum absolute atomic E-state index is 0.478. The summed E-state index contributed by atoms with van der Waals surface area (Å²) in [5.74, 6) is 1.02. The van der Waals surface area contributed by atoms with Crippen LogP contribution in [0.1, 0.15) is 31.0 Å². The Balaban J connectivity index is 2.19. The molecule has 2 nitrogen and oxygen atoms in total. The van der Waals surface area contributed by atoms with Crippen molar-refractivity contribution in [2.45, 2.75) is 39.2 Å². The Morgan fingerprint density at radius 2 is 2.31 bits per heavy atom. The summed E-state index contributed by atoms with van der Waals surface area (Å²) < 4.78 is 5.76. The average molecular weight is 177 g/mol. The molecule has 13 heavy (non-hydrogen) atoms. The molecule has 1 aliphatic rings. The molecule has 0 atom stereocenters. The third-order valence-electron chi connectivity index (χ3n) is 2.29. The van der Waals surface area contributed by atoms with Crippen LogP contribution in [0.15, 0.2) is 12.3 Å². The molecule has 0 saturated heterocycles. The van der Waals surface area contributed by atoms with Crippen molar-refractivity contribution in [1.82, 2.24) is 4.98 Å². The van der Waals surface area contributed by atoms with E-state index in [1.807, 2.05) is 13.1 Å². The van der Waals surface area contributed by atoms with Crippen LogP contribution in [0.5, 0.6) is 5.75 Å². The van der Waals surface area contributed by atoms with E-state index in [-0.39, 0.29) is 0 Å². The third kappa shape index (κ3) is 2.00. The molecule has 0 amide bonds. The second-order valence-corrected chi connectivity index (χ2v) is 3.61. The van der Waals surface area contributed by atoms with Gasteiger partial charge in [-0.1, -0.05) is 6.92 Å². The predicted octanol–water partition coefficient (Wildman–Crippen LogP) is 2.49. The van der Waals surface area contributed by atoms with Crippen molar-refractivity contribution >= 4 is 0 Å². The lowest BCUT2D eigenvalue weighted by atomic mass is 10.2. The van der Waals surface area contributed by atoms with Crippen molar-refractivity contribution in [1.29, 1.82) is 0 Å². The molecule has 0 aliphatic heterocycles. The predicted molar refractivity (Wildman–Crippen MR) is 52.0 cm³/mol. The third-order valence-corrected chi connectivity index (χ3v) is 2.29. The standard InChI is InChI=1S/C11H15NO/c1-3-9-6-11(8(2)7-12-9)13-10-4-5-10/h6-7,10H,3-5H2,1-2H3. The van der Waals surface area contributed by atoms with Gasteiger partial charge in [-0.05, 0) is 26.2 Å². The number of rotatable bonds is 3. The van der Waals surface area contributed by atoms with Crippen LogP contribution in [0.25, 0.3) is 0 Å². The van der Waals surface area contributed by atoms with E-state index in [0.29, 0.717) is 6.10 Å². The lowest BCUT2D eigenvalue weighted by Gasteiger charge is -2.08. The highest BCUT2D eigenvalue weighted by Gasteiger charge is 2.24. The first-order valence-corrected chi connectivity index (χ1v) is 4.91. The molecular formula is C11H15NO. The highest BCUT2D eigenvalue weighted by Crippen LogP contribution is 2.28. The minimum Gasteiger partial charge on any atom is -0.490 e. The molecule has 70 valence electrons. The van der Waals surface area contributed by atoms with Crippen LogP contribution in [0, 0.1) is 6.92 Å². The summed E-state index contributed by atoms with van der Waals surface area (Å²) in [4.78, 5) is 4.31. The quantitative estimate of drug-likeness (QED) is 0.707. The molecule has 0 N–H and O–H groups in total. The van der Waals surface area contributed by atoms with Crippen LogP contribution < -0.4 is 4.74 Å². The fraction of sp³-hybridized carbons (Fsp3) is 0.545. The topological polar surface area (TPSA) is 22.1 Å². The summed E-state index contributed by atoms with van der Waals surface area (Å²) >= 11 is 0. The summed E-state index contributed by atoms with van der Waals surface area (Å²) in [6.07, 6.45) is 5.77. The van der Waals surface area contributed by atoms with Crippen LogP contribution in [-0.4, -0.2) is 11.1 Å². The van der Waals surface area contributed by atoms with Crippen molar-refractivity contribution in [3.63, 3.8) is 0 Å². The highest BCUT2D eigenvalue weighted by molar-refractivity contribution is 5.32. The second-order valence-electron chi connectivity index (χ2n) is 3.61. The first-order chi connectivity index (χ1) is 6.29. The summed E-state index contributed by atoms with van der Waals surface area (Å²) in [5, 5.41) is 0. The molecule has 0 unspecified atom stereocenters. The van der Waals surface area contributed by atoms with E-state index in [1.54, 1.807) is 0 Å².